The second-order valence-electron chi connectivity index (χ2n) is 9.19. The van der Waals surface area contributed by atoms with E-state index in [0.29, 0.717) is 16.8 Å². The first-order valence-corrected chi connectivity index (χ1v) is 12.1. The molecular weight excluding hydrogens is 452 g/mol. The van der Waals surface area contributed by atoms with E-state index in [9.17, 15) is 0 Å². The molecule has 0 bridgehead atoms. The first-order chi connectivity index (χ1) is 16.8. The monoisotopic (exact) mass is 480 g/mol. The van der Waals surface area contributed by atoms with Crippen LogP contribution in [0.4, 0.5) is 5.69 Å². The summed E-state index contributed by atoms with van der Waals surface area (Å²) in [7, 11) is 0. The molecule has 3 aromatic carbocycles. The zero-order valence-corrected chi connectivity index (χ0v) is 21.4. The SMILES string of the molecule is CC1=C(c2nc(-c3cccc(C)c3)no2)C(c2ccc(C)cc2)NC(=S)N1c1ccc(C)c(C)c1. The Kier molecular flexibility index (Phi) is 5.99. The second kappa shape index (κ2) is 9.12. The van der Waals surface area contributed by atoms with Crippen molar-refractivity contribution in [2.24, 2.45) is 0 Å². The van der Waals surface area contributed by atoms with Crippen molar-refractivity contribution in [1.82, 2.24) is 15.5 Å². The van der Waals surface area contributed by atoms with Gasteiger partial charge in [0, 0.05) is 16.9 Å². The number of nitrogens with one attached hydrogen (secondary N) is 1. The maximum absolute atomic E-state index is 5.88. The molecule has 1 unspecified atom stereocenters. The minimum absolute atomic E-state index is 0.211. The quantitative estimate of drug-likeness (QED) is 0.323. The summed E-state index contributed by atoms with van der Waals surface area (Å²) in [5.41, 5.74) is 9.68. The molecule has 1 aliphatic heterocycles. The Morgan fingerprint density at radius 1 is 0.857 bits per heavy atom. The molecule has 0 saturated heterocycles. The minimum atomic E-state index is -0.211. The predicted molar refractivity (Wildman–Crippen MR) is 145 cm³/mol. The van der Waals surface area contributed by atoms with Gasteiger partial charge in [-0.1, -0.05) is 64.8 Å². The number of nitrogens with zero attached hydrogens (tertiary/aromatic N) is 3. The molecule has 2 heterocycles. The lowest BCUT2D eigenvalue weighted by Gasteiger charge is -2.37. The Morgan fingerprint density at radius 3 is 2.34 bits per heavy atom. The molecule has 1 N–H and O–H groups in total. The van der Waals surface area contributed by atoms with Crippen molar-refractivity contribution in [2.75, 3.05) is 4.90 Å². The first-order valence-electron chi connectivity index (χ1n) is 11.7. The smallest absolute Gasteiger partial charge is 0.258 e. The molecule has 0 saturated carbocycles. The molecule has 35 heavy (non-hydrogen) atoms. The maximum Gasteiger partial charge on any atom is 0.258 e. The molecule has 176 valence electrons. The van der Waals surface area contributed by atoms with Crippen LogP contribution >= 0.6 is 12.2 Å². The largest absolute Gasteiger partial charge is 0.351 e. The summed E-state index contributed by atoms with van der Waals surface area (Å²) < 4.78 is 5.88. The number of hydrogen-bond donors (Lipinski definition) is 1. The molecule has 0 fully saturated rings. The minimum Gasteiger partial charge on any atom is -0.351 e. The summed E-state index contributed by atoms with van der Waals surface area (Å²) in [6.07, 6.45) is 0. The van der Waals surface area contributed by atoms with Gasteiger partial charge in [-0.3, -0.25) is 4.90 Å². The van der Waals surface area contributed by atoms with Gasteiger partial charge in [-0.15, -0.1) is 0 Å². The number of anilines is 1. The fraction of sp³-hybridized carbons (Fsp3) is 0.207. The highest BCUT2D eigenvalue weighted by Gasteiger charge is 2.34. The van der Waals surface area contributed by atoms with Gasteiger partial charge in [-0.2, -0.15) is 4.98 Å². The van der Waals surface area contributed by atoms with E-state index in [1.165, 1.54) is 16.7 Å². The highest BCUT2D eigenvalue weighted by atomic mass is 32.1. The van der Waals surface area contributed by atoms with Crippen molar-refractivity contribution in [3.8, 4) is 11.4 Å². The van der Waals surface area contributed by atoms with E-state index in [2.05, 4.69) is 105 Å². The third kappa shape index (κ3) is 4.37. The van der Waals surface area contributed by atoms with Crippen LogP contribution in [0.3, 0.4) is 0 Å². The predicted octanol–water partition coefficient (Wildman–Crippen LogP) is 6.84. The molecule has 1 aromatic heterocycles. The van der Waals surface area contributed by atoms with Gasteiger partial charge in [0.15, 0.2) is 5.11 Å². The Labute approximate surface area is 211 Å². The van der Waals surface area contributed by atoms with Crippen molar-refractivity contribution in [2.45, 2.75) is 40.7 Å². The lowest BCUT2D eigenvalue weighted by molar-refractivity contribution is 0.404. The third-order valence-corrected chi connectivity index (χ3v) is 6.88. The van der Waals surface area contributed by atoms with Crippen LogP contribution in [0.15, 0.2) is 77.0 Å². The number of hydrogen-bond acceptors (Lipinski definition) is 4. The number of aromatic nitrogens is 2. The van der Waals surface area contributed by atoms with Crippen molar-refractivity contribution < 1.29 is 4.52 Å². The molecule has 1 atom stereocenters. The number of thiocarbonyl (C=S) groups is 1. The molecule has 0 aliphatic carbocycles. The number of aryl methyl sites for hydroxylation is 4. The second-order valence-corrected chi connectivity index (χ2v) is 9.58. The summed E-state index contributed by atoms with van der Waals surface area (Å²) in [4.78, 5) is 6.88. The Morgan fingerprint density at radius 2 is 1.63 bits per heavy atom. The summed E-state index contributed by atoms with van der Waals surface area (Å²) in [5, 5.41) is 8.50. The molecular formula is C29H28N4OS. The summed E-state index contributed by atoms with van der Waals surface area (Å²) in [6.45, 7) is 10.4. The topological polar surface area (TPSA) is 54.2 Å². The van der Waals surface area contributed by atoms with E-state index in [-0.39, 0.29) is 6.04 Å². The molecule has 0 radical (unpaired) electrons. The number of allylic oxidation sites excluding steroid dienone is 1. The van der Waals surface area contributed by atoms with Gasteiger partial charge in [0.25, 0.3) is 5.89 Å². The third-order valence-electron chi connectivity index (χ3n) is 6.58. The van der Waals surface area contributed by atoms with E-state index < -0.39 is 0 Å². The van der Waals surface area contributed by atoms with Gasteiger partial charge >= 0.3 is 0 Å². The van der Waals surface area contributed by atoms with Crippen LogP contribution in [0.2, 0.25) is 0 Å². The van der Waals surface area contributed by atoms with E-state index in [4.69, 9.17) is 21.7 Å². The molecule has 5 nitrogen and oxygen atoms in total. The van der Waals surface area contributed by atoms with E-state index >= 15 is 0 Å². The molecule has 0 spiro atoms. The molecule has 0 amide bonds. The Balaban J connectivity index is 1.66. The standard InChI is InChI=1S/C29H28N4OS/c1-17-9-12-22(13-10-17)26-25(28-31-27(32-34-28)23-8-6-7-18(2)15-23)21(5)33(29(35)30-26)24-14-11-19(3)20(4)16-24/h6-16,26H,1-5H3,(H,30,35). The molecule has 1 aliphatic rings. The van der Waals surface area contributed by atoms with Crippen LogP contribution in [-0.2, 0) is 0 Å². The van der Waals surface area contributed by atoms with E-state index in [0.717, 1.165) is 33.6 Å². The van der Waals surface area contributed by atoms with Gasteiger partial charge < -0.3 is 9.84 Å². The van der Waals surface area contributed by atoms with Crippen LogP contribution in [0, 0.1) is 27.7 Å². The summed E-state index contributed by atoms with van der Waals surface area (Å²) in [6, 6.07) is 22.7. The van der Waals surface area contributed by atoms with Crippen LogP contribution in [0.25, 0.3) is 17.0 Å². The lowest BCUT2D eigenvalue weighted by atomic mass is 9.94. The normalized spacial score (nSPS) is 16.0. The summed E-state index contributed by atoms with van der Waals surface area (Å²) >= 11 is 5.88. The fourth-order valence-corrected chi connectivity index (χ4v) is 4.80. The average Bonchev–Trinajstić information content (AvgIpc) is 3.31. The average molecular weight is 481 g/mol. The highest BCUT2D eigenvalue weighted by molar-refractivity contribution is 7.80. The Bertz CT molecular complexity index is 1450. The van der Waals surface area contributed by atoms with Gasteiger partial charge in [0.05, 0.1) is 11.6 Å². The van der Waals surface area contributed by atoms with E-state index in [1.807, 2.05) is 12.1 Å². The molecule has 6 heteroatoms. The van der Waals surface area contributed by atoms with Gasteiger partial charge in [-0.25, -0.2) is 0 Å². The van der Waals surface area contributed by atoms with Crippen LogP contribution < -0.4 is 10.2 Å². The van der Waals surface area contributed by atoms with Gasteiger partial charge in [0.2, 0.25) is 5.82 Å². The van der Waals surface area contributed by atoms with Crippen molar-refractivity contribution in [1.29, 1.82) is 0 Å². The van der Waals surface area contributed by atoms with Crippen LogP contribution in [-0.4, -0.2) is 15.3 Å². The highest BCUT2D eigenvalue weighted by Crippen LogP contribution is 2.39. The maximum atomic E-state index is 5.88. The zero-order valence-electron chi connectivity index (χ0n) is 20.6. The molecule has 5 rings (SSSR count). The number of rotatable bonds is 4. The van der Waals surface area contributed by atoms with Crippen molar-refractivity contribution in [3.05, 3.63) is 106 Å². The van der Waals surface area contributed by atoms with Crippen molar-refractivity contribution in [3.63, 3.8) is 0 Å². The zero-order chi connectivity index (χ0) is 24.7. The fourth-order valence-electron chi connectivity index (χ4n) is 4.44. The van der Waals surface area contributed by atoms with Gasteiger partial charge in [0.1, 0.15) is 0 Å². The van der Waals surface area contributed by atoms with Crippen molar-refractivity contribution >= 4 is 28.6 Å². The van der Waals surface area contributed by atoms with Gasteiger partial charge in [-0.05, 0) is 81.7 Å². The Hall–Kier alpha value is -3.77. The van der Waals surface area contributed by atoms with Crippen LogP contribution in [0.5, 0.6) is 0 Å². The molecule has 4 aromatic rings. The summed E-state index contributed by atoms with van der Waals surface area (Å²) in [5.74, 6) is 1.05. The van der Waals surface area contributed by atoms with E-state index in [1.54, 1.807) is 0 Å². The lowest BCUT2D eigenvalue weighted by Crippen LogP contribution is -2.46. The number of benzene rings is 3. The van der Waals surface area contributed by atoms with Crippen LogP contribution in [0.1, 0.15) is 46.7 Å². The first kappa shape index (κ1) is 23.0.